The zero-order valence-corrected chi connectivity index (χ0v) is 10.1. The Morgan fingerprint density at radius 1 is 1.56 bits per heavy atom. The molecule has 2 N–H and O–H groups in total. The van der Waals surface area contributed by atoms with Gasteiger partial charge in [-0.2, -0.15) is 0 Å². The van der Waals surface area contributed by atoms with Gasteiger partial charge >= 0.3 is 6.09 Å². The second-order valence-electron chi connectivity index (χ2n) is 3.82. The largest absolute Gasteiger partial charge is 0.465 e. The highest BCUT2D eigenvalue weighted by Gasteiger charge is 2.24. The molecular weight excluding hydrogens is 277 g/mol. The van der Waals surface area contributed by atoms with Gasteiger partial charge in [-0.3, -0.25) is 0 Å². The average Bonchev–Trinajstić information content (AvgIpc) is 2.23. The number of benzene rings is 1. The molecule has 3 nitrogen and oxygen atoms in total. The molecule has 0 radical (unpaired) electrons. The second-order valence-corrected chi connectivity index (χ2v) is 4.62. The van der Waals surface area contributed by atoms with Gasteiger partial charge in [-0.1, -0.05) is 6.07 Å². The van der Waals surface area contributed by atoms with E-state index in [1.54, 1.807) is 6.07 Å². The van der Waals surface area contributed by atoms with E-state index in [-0.39, 0.29) is 11.9 Å². The van der Waals surface area contributed by atoms with Crippen molar-refractivity contribution in [3.05, 3.63) is 33.5 Å². The van der Waals surface area contributed by atoms with Crippen molar-refractivity contribution < 1.29 is 14.3 Å². The maximum Gasteiger partial charge on any atom is 0.405 e. The molecule has 1 aromatic carbocycles. The summed E-state index contributed by atoms with van der Waals surface area (Å²) < 4.78 is 13.8. The van der Waals surface area contributed by atoms with Crippen LogP contribution in [0.5, 0.6) is 0 Å². The van der Waals surface area contributed by atoms with E-state index in [2.05, 4.69) is 21.2 Å². The lowest BCUT2D eigenvalue weighted by molar-refractivity contribution is 0.188. The Balaban J connectivity index is 2.39. The molecule has 1 amide bonds. The summed E-state index contributed by atoms with van der Waals surface area (Å²) in [5, 5.41) is 11.2. The molecule has 0 spiro atoms. The van der Waals surface area contributed by atoms with Crippen molar-refractivity contribution in [3.8, 4) is 0 Å². The summed E-state index contributed by atoms with van der Waals surface area (Å²) in [5.74, 6) is -0.297. The zero-order valence-electron chi connectivity index (χ0n) is 8.46. The normalized spacial score (nSPS) is 19.0. The van der Waals surface area contributed by atoms with Crippen molar-refractivity contribution in [1.29, 1.82) is 0 Å². The molecule has 1 aromatic rings. The molecule has 0 saturated carbocycles. The number of fused-ring (bicyclic) bond motifs is 1. The minimum atomic E-state index is -1.04. The number of carbonyl (C=O) groups is 1. The fraction of sp³-hybridized carbons (Fsp3) is 0.364. The molecule has 5 heteroatoms. The van der Waals surface area contributed by atoms with Crippen LogP contribution in [-0.4, -0.2) is 11.2 Å². The highest BCUT2D eigenvalue weighted by Crippen LogP contribution is 2.35. The van der Waals surface area contributed by atoms with Crippen molar-refractivity contribution in [2.24, 2.45) is 0 Å². The van der Waals surface area contributed by atoms with Gasteiger partial charge in [-0.05, 0) is 52.4 Å². The summed E-state index contributed by atoms with van der Waals surface area (Å²) in [6.45, 7) is 0. The van der Waals surface area contributed by atoms with Crippen molar-refractivity contribution in [3.63, 3.8) is 0 Å². The Morgan fingerprint density at radius 3 is 3.00 bits per heavy atom. The van der Waals surface area contributed by atoms with E-state index >= 15 is 0 Å². The van der Waals surface area contributed by atoms with Crippen LogP contribution >= 0.6 is 15.9 Å². The van der Waals surface area contributed by atoms with Crippen LogP contribution in [0.3, 0.4) is 0 Å². The van der Waals surface area contributed by atoms with Gasteiger partial charge in [0.2, 0.25) is 0 Å². The lowest BCUT2D eigenvalue weighted by atomic mass is 9.87. The first-order valence-corrected chi connectivity index (χ1v) is 5.85. The van der Waals surface area contributed by atoms with Crippen LogP contribution in [0.4, 0.5) is 9.18 Å². The summed E-state index contributed by atoms with van der Waals surface area (Å²) >= 11 is 3.21. The van der Waals surface area contributed by atoms with Crippen molar-refractivity contribution in [2.45, 2.75) is 25.3 Å². The van der Waals surface area contributed by atoms with E-state index in [9.17, 15) is 9.18 Å². The Kier molecular flexibility index (Phi) is 3.14. The quantitative estimate of drug-likeness (QED) is 0.833. The molecule has 0 heterocycles. The zero-order chi connectivity index (χ0) is 11.7. The van der Waals surface area contributed by atoms with Crippen LogP contribution in [0.15, 0.2) is 16.6 Å². The lowest BCUT2D eigenvalue weighted by Gasteiger charge is -2.26. The molecule has 2 rings (SSSR count). The predicted molar refractivity (Wildman–Crippen MR) is 60.9 cm³/mol. The molecule has 0 bridgehead atoms. The van der Waals surface area contributed by atoms with Crippen molar-refractivity contribution in [2.75, 3.05) is 0 Å². The number of nitrogens with one attached hydrogen (secondary N) is 1. The molecule has 0 saturated heterocycles. The first-order chi connectivity index (χ1) is 7.59. The van der Waals surface area contributed by atoms with E-state index in [1.165, 1.54) is 6.07 Å². The molecule has 0 fully saturated rings. The molecule has 16 heavy (non-hydrogen) atoms. The number of hydrogen-bond acceptors (Lipinski definition) is 1. The Bertz CT molecular complexity index is 436. The number of hydrogen-bond donors (Lipinski definition) is 2. The van der Waals surface area contributed by atoms with E-state index in [0.29, 0.717) is 4.47 Å². The Morgan fingerprint density at radius 2 is 2.31 bits per heavy atom. The first-order valence-electron chi connectivity index (χ1n) is 5.06. The van der Waals surface area contributed by atoms with E-state index < -0.39 is 6.09 Å². The van der Waals surface area contributed by atoms with Gasteiger partial charge in [-0.15, -0.1) is 0 Å². The molecule has 86 valence electrons. The van der Waals surface area contributed by atoms with Gasteiger partial charge in [0.25, 0.3) is 0 Å². The maximum atomic E-state index is 13.3. The fourth-order valence-corrected chi connectivity index (χ4v) is 2.68. The Hall–Kier alpha value is -1.10. The third-order valence-electron chi connectivity index (χ3n) is 2.83. The van der Waals surface area contributed by atoms with Crippen molar-refractivity contribution in [1.82, 2.24) is 5.32 Å². The average molecular weight is 288 g/mol. The molecule has 0 aliphatic heterocycles. The summed E-state index contributed by atoms with van der Waals surface area (Å²) in [5.41, 5.74) is 1.76. The summed E-state index contributed by atoms with van der Waals surface area (Å²) in [6.07, 6.45) is 1.36. The Labute approximate surface area is 101 Å². The van der Waals surface area contributed by atoms with Crippen LogP contribution < -0.4 is 5.32 Å². The summed E-state index contributed by atoms with van der Waals surface area (Å²) in [6, 6.07) is 2.80. The third kappa shape index (κ3) is 2.04. The van der Waals surface area contributed by atoms with Gasteiger partial charge < -0.3 is 10.4 Å². The fourth-order valence-electron chi connectivity index (χ4n) is 2.13. The highest BCUT2D eigenvalue weighted by molar-refractivity contribution is 9.10. The smallest absolute Gasteiger partial charge is 0.405 e. The minimum absolute atomic E-state index is 0.224. The van der Waals surface area contributed by atoms with Crippen LogP contribution in [-0.2, 0) is 6.42 Å². The van der Waals surface area contributed by atoms with Gasteiger partial charge in [0.05, 0.1) is 10.5 Å². The SMILES string of the molecule is O=C(O)NC1CCCc2c1ccc(F)c2Br. The minimum Gasteiger partial charge on any atom is -0.465 e. The molecule has 1 atom stereocenters. The standard InChI is InChI=1S/C11H11BrFNO2/c12-10-7-2-1-3-9(14-11(15)16)6(7)4-5-8(10)13/h4-5,9,14H,1-3H2,(H,15,16). The summed E-state index contributed by atoms with van der Waals surface area (Å²) in [7, 11) is 0. The third-order valence-corrected chi connectivity index (χ3v) is 3.68. The van der Waals surface area contributed by atoms with E-state index in [4.69, 9.17) is 5.11 Å². The number of carboxylic acid groups (broad SMARTS) is 1. The van der Waals surface area contributed by atoms with Gasteiger partial charge in [0.15, 0.2) is 0 Å². The summed E-state index contributed by atoms with van der Waals surface area (Å²) in [4.78, 5) is 10.6. The number of halogens is 2. The molecule has 1 unspecified atom stereocenters. The molecule has 1 aliphatic rings. The lowest BCUT2D eigenvalue weighted by Crippen LogP contribution is -2.29. The first kappa shape index (κ1) is 11.4. The van der Waals surface area contributed by atoms with Gasteiger partial charge in [-0.25, -0.2) is 9.18 Å². The molecular formula is C11H11BrFNO2. The highest BCUT2D eigenvalue weighted by atomic mass is 79.9. The monoisotopic (exact) mass is 287 g/mol. The van der Waals surface area contributed by atoms with E-state index in [0.717, 1.165) is 30.4 Å². The predicted octanol–water partition coefficient (Wildman–Crippen LogP) is 3.23. The van der Waals surface area contributed by atoms with Crippen molar-refractivity contribution >= 4 is 22.0 Å². The topological polar surface area (TPSA) is 49.3 Å². The van der Waals surface area contributed by atoms with Crippen LogP contribution in [0, 0.1) is 5.82 Å². The van der Waals surface area contributed by atoms with Crippen LogP contribution in [0.2, 0.25) is 0 Å². The second kappa shape index (κ2) is 4.41. The van der Waals surface area contributed by atoms with E-state index in [1.807, 2.05) is 0 Å². The van der Waals surface area contributed by atoms with Gasteiger partial charge in [0.1, 0.15) is 5.82 Å². The molecule has 0 aromatic heterocycles. The number of rotatable bonds is 1. The molecule has 1 aliphatic carbocycles. The number of amides is 1. The van der Waals surface area contributed by atoms with Crippen LogP contribution in [0.1, 0.15) is 30.0 Å². The van der Waals surface area contributed by atoms with Crippen LogP contribution in [0.25, 0.3) is 0 Å². The van der Waals surface area contributed by atoms with Gasteiger partial charge in [0, 0.05) is 0 Å². The maximum absolute atomic E-state index is 13.3.